The zero-order valence-electron chi connectivity index (χ0n) is 11.7. The number of aryl methyl sites for hydroxylation is 2. The number of furan rings is 1. The summed E-state index contributed by atoms with van der Waals surface area (Å²) in [4.78, 5) is 11.3. The van der Waals surface area contributed by atoms with Crippen LogP contribution in [0.15, 0.2) is 27.3 Å². The topological polar surface area (TPSA) is 100 Å². The maximum absolute atomic E-state index is 11.3. The molecule has 21 heavy (non-hydrogen) atoms. The van der Waals surface area contributed by atoms with E-state index >= 15 is 0 Å². The van der Waals surface area contributed by atoms with Crippen molar-refractivity contribution >= 4 is 12.1 Å². The lowest BCUT2D eigenvalue weighted by molar-refractivity contribution is 0.112. The summed E-state index contributed by atoms with van der Waals surface area (Å²) in [5.74, 6) is 1.49. The van der Waals surface area contributed by atoms with Gasteiger partial charge in [0.25, 0.3) is 0 Å². The van der Waals surface area contributed by atoms with Crippen molar-refractivity contribution in [3.05, 3.63) is 41.0 Å². The van der Waals surface area contributed by atoms with Crippen molar-refractivity contribution in [1.29, 1.82) is 0 Å². The minimum atomic E-state index is 0.288. The number of hydrogen-bond acceptors (Lipinski definition) is 6. The SMILES string of the molecule is Cc1noc(C)c1Cn1nc(-c2ccco2)c(C=O)c1N. The van der Waals surface area contributed by atoms with Crippen LogP contribution in [0.5, 0.6) is 0 Å². The molecule has 3 aromatic heterocycles. The molecule has 0 aliphatic rings. The van der Waals surface area contributed by atoms with Crippen molar-refractivity contribution in [2.45, 2.75) is 20.4 Å². The van der Waals surface area contributed by atoms with E-state index in [0.717, 1.165) is 11.3 Å². The Balaban J connectivity index is 2.06. The van der Waals surface area contributed by atoms with Gasteiger partial charge in [-0.15, -0.1) is 0 Å². The second-order valence-corrected chi connectivity index (χ2v) is 4.70. The second kappa shape index (κ2) is 4.93. The van der Waals surface area contributed by atoms with E-state index in [2.05, 4.69) is 10.3 Å². The molecule has 7 nitrogen and oxygen atoms in total. The smallest absolute Gasteiger partial charge is 0.156 e. The van der Waals surface area contributed by atoms with E-state index in [1.54, 1.807) is 16.8 Å². The summed E-state index contributed by atoms with van der Waals surface area (Å²) < 4.78 is 12.0. The van der Waals surface area contributed by atoms with Crippen LogP contribution in [-0.2, 0) is 6.54 Å². The van der Waals surface area contributed by atoms with Gasteiger partial charge >= 0.3 is 0 Å². The Bertz CT molecular complexity index is 764. The Morgan fingerprint density at radius 2 is 2.24 bits per heavy atom. The highest BCUT2D eigenvalue weighted by molar-refractivity contribution is 5.90. The van der Waals surface area contributed by atoms with Gasteiger partial charge in [0.2, 0.25) is 0 Å². The third-order valence-corrected chi connectivity index (χ3v) is 3.39. The van der Waals surface area contributed by atoms with E-state index < -0.39 is 0 Å². The minimum absolute atomic E-state index is 0.288. The fraction of sp³-hybridized carbons (Fsp3) is 0.214. The van der Waals surface area contributed by atoms with Crippen LogP contribution in [0, 0.1) is 13.8 Å². The van der Waals surface area contributed by atoms with Gasteiger partial charge in [-0.25, -0.2) is 4.68 Å². The highest BCUT2D eigenvalue weighted by atomic mass is 16.5. The van der Waals surface area contributed by atoms with Gasteiger partial charge in [0.05, 0.1) is 24.1 Å². The molecule has 0 spiro atoms. The number of aldehydes is 1. The number of carbonyl (C=O) groups is 1. The fourth-order valence-corrected chi connectivity index (χ4v) is 2.20. The lowest BCUT2D eigenvalue weighted by Gasteiger charge is -2.03. The maximum Gasteiger partial charge on any atom is 0.156 e. The second-order valence-electron chi connectivity index (χ2n) is 4.70. The zero-order chi connectivity index (χ0) is 15.0. The third kappa shape index (κ3) is 2.12. The van der Waals surface area contributed by atoms with Gasteiger partial charge < -0.3 is 14.7 Å². The van der Waals surface area contributed by atoms with E-state index in [1.807, 2.05) is 13.8 Å². The number of aromatic nitrogens is 3. The van der Waals surface area contributed by atoms with Crippen molar-refractivity contribution < 1.29 is 13.7 Å². The van der Waals surface area contributed by atoms with E-state index in [1.165, 1.54) is 6.26 Å². The quantitative estimate of drug-likeness (QED) is 0.738. The average molecular weight is 286 g/mol. The van der Waals surface area contributed by atoms with E-state index in [9.17, 15) is 4.79 Å². The summed E-state index contributed by atoms with van der Waals surface area (Å²) in [6, 6.07) is 3.46. The molecule has 0 bridgehead atoms. The van der Waals surface area contributed by atoms with Gasteiger partial charge in [0.15, 0.2) is 12.0 Å². The zero-order valence-corrected chi connectivity index (χ0v) is 11.7. The Kier molecular flexibility index (Phi) is 3.09. The summed E-state index contributed by atoms with van der Waals surface area (Å²) >= 11 is 0. The lowest BCUT2D eigenvalue weighted by Crippen LogP contribution is -2.07. The number of nitrogen functional groups attached to an aromatic ring is 1. The van der Waals surface area contributed by atoms with Crippen LogP contribution in [0.1, 0.15) is 27.4 Å². The van der Waals surface area contributed by atoms with Gasteiger partial charge in [-0.2, -0.15) is 5.10 Å². The minimum Gasteiger partial charge on any atom is -0.463 e. The summed E-state index contributed by atoms with van der Waals surface area (Å²) in [5.41, 5.74) is 8.43. The molecule has 3 heterocycles. The van der Waals surface area contributed by atoms with E-state index in [-0.39, 0.29) is 5.82 Å². The molecule has 0 amide bonds. The first-order chi connectivity index (χ1) is 10.1. The number of rotatable bonds is 4. The molecule has 0 fully saturated rings. The van der Waals surface area contributed by atoms with Crippen molar-refractivity contribution in [3.63, 3.8) is 0 Å². The largest absolute Gasteiger partial charge is 0.463 e. The van der Waals surface area contributed by atoms with Crippen LogP contribution in [-0.4, -0.2) is 21.2 Å². The van der Waals surface area contributed by atoms with Crippen LogP contribution in [0.2, 0.25) is 0 Å². The molecule has 0 radical (unpaired) electrons. The summed E-state index contributed by atoms with van der Waals surface area (Å²) in [7, 11) is 0. The molecule has 0 unspecified atom stereocenters. The van der Waals surface area contributed by atoms with Crippen molar-refractivity contribution in [2.75, 3.05) is 5.73 Å². The Hall–Kier alpha value is -2.83. The monoisotopic (exact) mass is 286 g/mol. The predicted molar refractivity (Wildman–Crippen MR) is 74.8 cm³/mol. The molecule has 3 rings (SSSR count). The molecule has 7 heteroatoms. The summed E-state index contributed by atoms with van der Waals surface area (Å²) in [6.45, 7) is 4.05. The molecule has 0 saturated heterocycles. The van der Waals surface area contributed by atoms with Crippen LogP contribution in [0.4, 0.5) is 5.82 Å². The Morgan fingerprint density at radius 1 is 1.43 bits per heavy atom. The van der Waals surface area contributed by atoms with Gasteiger partial charge in [0.1, 0.15) is 17.3 Å². The molecule has 0 aromatic carbocycles. The molecule has 0 aliphatic carbocycles. The van der Waals surface area contributed by atoms with Crippen LogP contribution < -0.4 is 5.73 Å². The Labute approximate surface area is 120 Å². The number of carbonyl (C=O) groups excluding carboxylic acids is 1. The first kappa shape index (κ1) is 13.2. The maximum atomic E-state index is 11.3. The van der Waals surface area contributed by atoms with Gasteiger partial charge in [-0.05, 0) is 26.0 Å². The van der Waals surface area contributed by atoms with Gasteiger partial charge in [-0.1, -0.05) is 5.16 Å². The molecular weight excluding hydrogens is 272 g/mol. The fourth-order valence-electron chi connectivity index (χ4n) is 2.20. The van der Waals surface area contributed by atoms with Crippen LogP contribution in [0.3, 0.4) is 0 Å². The third-order valence-electron chi connectivity index (χ3n) is 3.39. The first-order valence-electron chi connectivity index (χ1n) is 6.39. The van der Waals surface area contributed by atoms with Gasteiger partial charge in [0, 0.05) is 5.56 Å². The van der Waals surface area contributed by atoms with Crippen molar-refractivity contribution in [2.24, 2.45) is 0 Å². The standard InChI is InChI=1S/C14H14N4O3/c1-8-10(9(2)21-17-8)6-18-14(15)11(7-19)13(16-18)12-4-3-5-20-12/h3-5,7H,6,15H2,1-2H3. The molecule has 0 saturated carbocycles. The highest BCUT2D eigenvalue weighted by Crippen LogP contribution is 2.27. The molecule has 2 N–H and O–H groups in total. The number of anilines is 1. The lowest BCUT2D eigenvalue weighted by atomic mass is 10.2. The number of nitrogens with two attached hydrogens (primary N) is 1. The summed E-state index contributed by atoms with van der Waals surface area (Å²) in [6.07, 6.45) is 2.21. The van der Waals surface area contributed by atoms with E-state index in [4.69, 9.17) is 14.7 Å². The summed E-state index contributed by atoms with van der Waals surface area (Å²) in [5, 5.41) is 8.27. The van der Waals surface area contributed by atoms with E-state index in [0.29, 0.717) is 35.6 Å². The van der Waals surface area contributed by atoms with Crippen molar-refractivity contribution in [1.82, 2.24) is 14.9 Å². The van der Waals surface area contributed by atoms with Crippen LogP contribution in [0.25, 0.3) is 11.5 Å². The molecule has 108 valence electrons. The van der Waals surface area contributed by atoms with Crippen molar-refractivity contribution in [3.8, 4) is 11.5 Å². The van der Waals surface area contributed by atoms with Gasteiger partial charge in [-0.3, -0.25) is 4.79 Å². The number of hydrogen-bond donors (Lipinski definition) is 1. The first-order valence-corrected chi connectivity index (χ1v) is 6.39. The normalized spacial score (nSPS) is 11.0. The highest BCUT2D eigenvalue weighted by Gasteiger charge is 2.20. The average Bonchev–Trinajstić information content (AvgIpc) is 3.16. The molecule has 0 atom stereocenters. The Morgan fingerprint density at radius 3 is 2.81 bits per heavy atom. The molecular formula is C14H14N4O3. The number of nitrogens with zero attached hydrogens (tertiary/aromatic N) is 3. The molecule has 3 aromatic rings. The predicted octanol–water partition coefficient (Wildman–Crippen LogP) is 2.19. The molecule has 0 aliphatic heterocycles. The van der Waals surface area contributed by atoms with Crippen LogP contribution >= 0.6 is 0 Å².